The van der Waals surface area contributed by atoms with Crippen molar-refractivity contribution in [3.05, 3.63) is 41.1 Å². The average Bonchev–Trinajstić information content (AvgIpc) is 2.40. The highest BCUT2D eigenvalue weighted by atomic mass is 16.1. The van der Waals surface area contributed by atoms with Gasteiger partial charge >= 0.3 is 0 Å². The first-order valence-corrected chi connectivity index (χ1v) is 3.30. The van der Waals surface area contributed by atoms with Crippen LogP contribution in [-0.4, -0.2) is 9.97 Å². The fourth-order valence-corrected chi connectivity index (χ4v) is 1.03. The number of H-pyrrole nitrogens is 1. The van der Waals surface area contributed by atoms with Gasteiger partial charge in [0.25, 0.3) is 5.56 Å². The number of rotatable bonds is 0. The summed E-state index contributed by atoms with van der Waals surface area (Å²) in [5.74, 6) is 0. The van der Waals surface area contributed by atoms with Crippen molar-refractivity contribution in [1.29, 1.82) is 0 Å². The molecule has 11 heavy (non-hydrogen) atoms. The largest absolute Gasteiger partial charge is 0.366 e. The fraction of sp³-hybridized carbons (Fsp3) is 0. The van der Waals surface area contributed by atoms with E-state index in [1.165, 1.54) is 6.20 Å². The van der Waals surface area contributed by atoms with E-state index in [1.54, 1.807) is 18.5 Å². The second kappa shape index (κ2) is 2.20. The monoisotopic (exact) mass is 146 g/mol. The fourth-order valence-electron chi connectivity index (χ4n) is 1.03. The first kappa shape index (κ1) is 6.09. The highest BCUT2D eigenvalue weighted by Crippen LogP contribution is 2.04. The van der Waals surface area contributed by atoms with Crippen LogP contribution in [0.3, 0.4) is 0 Å². The maximum Gasteiger partial charge on any atom is 0.279 e. The summed E-state index contributed by atoms with van der Waals surface area (Å²) < 4.78 is 0. The summed E-state index contributed by atoms with van der Waals surface area (Å²) in [4.78, 5) is 17.6. The van der Waals surface area contributed by atoms with Gasteiger partial charge in [0.05, 0.1) is 5.39 Å². The topological polar surface area (TPSA) is 45.8 Å². The summed E-state index contributed by atoms with van der Waals surface area (Å²) in [5, 5.41) is 1.53. The standard InChI is InChI=1S/C8H6N2O/c11-8-7-5-9-4-6(7)2-1-3-10-8/h1-5,9H. The molecule has 2 aromatic heterocycles. The lowest BCUT2D eigenvalue weighted by atomic mass is 10.3. The van der Waals surface area contributed by atoms with Crippen LogP contribution in [0.2, 0.25) is 0 Å². The second-order valence-corrected chi connectivity index (χ2v) is 2.27. The molecule has 0 spiro atoms. The van der Waals surface area contributed by atoms with Crippen LogP contribution in [0.5, 0.6) is 0 Å². The quantitative estimate of drug-likeness (QED) is 0.600. The Hall–Kier alpha value is -1.64. The minimum atomic E-state index is -0.189. The van der Waals surface area contributed by atoms with E-state index < -0.39 is 0 Å². The summed E-state index contributed by atoms with van der Waals surface area (Å²) in [7, 11) is 0. The summed E-state index contributed by atoms with van der Waals surface area (Å²) in [6.45, 7) is 0. The summed E-state index contributed by atoms with van der Waals surface area (Å²) in [6, 6.07) is 3.60. The Morgan fingerprint density at radius 2 is 2.27 bits per heavy atom. The Labute approximate surface area is 62.7 Å². The molecular weight excluding hydrogens is 140 g/mol. The van der Waals surface area contributed by atoms with Crippen LogP contribution in [0.15, 0.2) is 35.5 Å². The molecule has 0 saturated carbocycles. The molecule has 3 heteroatoms. The Bertz CT molecular complexity index is 433. The number of hydrogen-bond donors (Lipinski definition) is 1. The van der Waals surface area contributed by atoms with Crippen molar-refractivity contribution < 1.29 is 0 Å². The molecule has 3 nitrogen and oxygen atoms in total. The van der Waals surface area contributed by atoms with Crippen molar-refractivity contribution in [3.63, 3.8) is 0 Å². The number of nitrogens with one attached hydrogen (secondary N) is 1. The van der Waals surface area contributed by atoms with Crippen molar-refractivity contribution in [3.8, 4) is 0 Å². The van der Waals surface area contributed by atoms with Gasteiger partial charge in [-0.05, 0) is 6.07 Å². The molecule has 2 heterocycles. The van der Waals surface area contributed by atoms with Gasteiger partial charge < -0.3 is 4.98 Å². The maximum absolute atomic E-state index is 11.1. The van der Waals surface area contributed by atoms with Gasteiger partial charge in [-0.2, -0.15) is 0 Å². The van der Waals surface area contributed by atoms with Crippen molar-refractivity contribution >= 4 is 10.8 Å². The van der Waals surface area contributed by atoms with Crippen LogP contribution in [0.25, 0.3) is 10.8 Å². The molecule has 0 aliphatic rings. The highest BCUT2D eigenvalue weighted by molar-refractivity contribution is 5.80. The Kier molecular flexibility index (Phi) is 1.22. The molecule has 0 amide bonds. The first-order valence-electron chi connectivity index (χ1n) is 3.30. The number of hydrogen-bond acceptors (Lipinski definition) is 2. The van der Waals surface area contributed by atoms with Crippen molar-refractivity contribution in [2.75, 3.05) is 0 Å². The minimum Gasteiger partial charge on any atom is -0.366 e. The third-order valence-corrected chi connectivity index (χ3v) is 1.56. The van der Waals surface area contributed by atoms with Gasteiger partial charge in [-0.15, -0.1) is 0 Å². The number of nitrogens with zero attached hydrogens (tertiary/aromatic N) is 1. The molecule has 0 aliphatic heterocycles. The number of aromatic nitrogens is 2. The van der Waals surface area contributed by atoms with Crippen LogP contribution < -0.4 is 5.56 Å². The van der Waals surface area contributed by atoms with Crippen molar-refractivity contribution in [2.45, 2.75) is 0 Å². The molecule has 0 aromatic carbocycles. The molecule has 0 unspecified atom stereocenters. The average molecular weight is 146 g/mol. The minimum absolute atomic E-state index is 0.189. The van der Waals surface area contributed by atoms with Crippen LogP contribution in [-0.2, 0) is 0 Å². The van der Waals surface area contributed by atoms with Crippen LogP contribution in [0.1, 0.15) is 0 Å². The zero-order chi connectivity index (χ0) is 7.68. The van der Waals surface area contributed by atoms with Crippen LogP contribution in [0.4, 0.5) is 0 Å². The molecule has 0 radical (unpaired) electrons. The van der Waals surface area contributed by atoms with Crippen molar-refractivity contribution in [2.24, 2.45) is 0 Å². The van der Waals surface area contributed by atoms with Gasteiger partial charge in [-0.3, -0.25) is 4.79 Å². The van der Waals surface area contributed by atoms with Crippen LogP contribution >= 0.6 is 0 Å². The van der Waals surface area contributed by atoms with E-state index in [2.05, 4.69) is 9.97 Å². The highest BCUT2D eigenvalue weighted by Gasteiger charge is 1.94. The van der Waals surface area contributed by atoms with Crippen molar-refractivity contribution in [1.82, 2.24) is 9.97 Å². The molecular formula is C8H6N2O. The van der Waals surface area contributed by atoms with Gasteiger partial charge in [0, 0.05) is 24.0 Å². The zero-order valence-corrected chi connectivity index (χ0v) is 5.74. The Balaban J connectivity index is 3.09. The molecule has 0 saturated heterocycles. The molecule has 1 N–H and O–H groups in total. The molecule has 2 rings (SSSR count). The lowest BCUT2D eigenvalue weighted by molar-refractivity contribution is 1.29. The van der Waals surface area contributed by atoms with Gasteiger partial charge in [0.1, 0.15) is 0 Å². The Morgan fingerprint density at radius 1 is 1.36 bits per heavy atom. The normalized spacial score (nSPS) is 10.2. The second-order valence-electron chi connectivity index (χ2n) is 2.27. The van der Waals surface area contributed by atoms with E-state index in [0.29, 0.717) is 5.39 Å². The number of aromatic amines is 1. The van der Waals surface area contributed by atoms with E-state index in [9.17, 15) is 4.79 Å². The summed E-state index contributed by atoms with van der Waals surface area (Å²) >= 11 is 0. The third-order valence-electron chi connectivity index (χ3n) is 1.56. The zero-order valence-electron chi connectivity index (χ0n) is 5.74. The first-order chi connectivity index (χ1) is 5.38. The summed E-state index contributed by atoms with van der Waals surface area (Å²) in [5.41, 5.74) is -0.189. The SMILES string of the molecule is O=c1ncccc2c[nH]cc12. The molecule has 0 aliphatic carbocycles. The lowest BCUT2D eigenvalue weighted by Gasteiger charge is -1.71. The molecule has 0 fully saturated rings. The lowest BCUT2D eigenvalue weighted by Crippen LogP contribution is -1.98. The third kappa shape index (κ3) is 0.902. The van der Waals surface area contributed by atoms with E-state index in [4.69, 9.17) is 0 Å². The predicted octanol–water partition coefficient (Wildman–Crippen LogP) is 0.923. The maximum atomic E-state index is 11.1. The van der Waals surface area contributed by atoms with Gasteiger partial charge in [0.15, 0.2) is 0 Å². The van der Waals surface area contributed by atoms with Gasteiger partial charge in [0.2, 0.25) is 0 Å². The van der Waals surface area contributed by atoms with E-state index >= 15 is 0 Å². The van der Waals surface area contributed by atoms with Gasteiger partial charge in [-0.25, -0.2) is 4.98 Å². The molecule has 0 bridgehead atoms. The molecule has 0 atom stereocenters. The molecule has 54 valence electrons. The summed E-state index contributed by atoms with van der Waals surface area (Å²) in [6.07, 6.45) is 4.94. The van der Waals surface area contributed by atoms with E-state index in [-0.39, 0.29) is 5.56 Å². The molecule has 2 aromatic rings. The van der Waals surface area contributed by atoms with Gasteiger partial charge in [-0.1, -0.05) is 6.07 Å². The van der Waals surface area contributed by atoms with E-state index in [0.717, 1.165) is 5.39 Å². The Morgan fingerprint density at radius 3 is 3.18 bits per heavy atom. The van der Waals surface area contributed by atoms with E-state index in [1.807, 2.05) is 6.07 Å². The van der Waals surface area contributed by atoms with Crippen LogP contribution in [0, 0.1) is 0 Å². The number of fused-ring (bicyclic) bond motifs is 1. The smallest absolute Gasteiger partial charge is 0.279 e. The predicted molar refractivity (Wildman–Crippen MR) is 42.4 cm³/mol.